The van der Waals surface area contributed by atoms with E-state index in [4.69, 9.17) is 0 Å². The molecule has 0 heterocycles. The van der Waals surface area contributed by atoms with Crippen molar-refractivity contribution in [1.29, 1.82) is 0 Å². The third kappa shape index (κ3) is 9.98. The highest BCUT2D eigenvalue weighted by Crippen LogP contribution is 1.90. The summed E-state index contributed by atoms with van der Waals surface area (Å²) in [6.45, 7) is 16.3. The molecule has 0 atom stereocenters. The van der Waals surface area contributed by atoms with Crippen LogP contribution in [0.4, 0.5) is 0 Å². The van der Waals surface area contributed by atoms with Gasteiger partial charge in [0, 0.05) is 11.1 Å². The molecule has 0 fully saturated rings. The molecule has 0 saturated carbocycles. The lowest BCUT2D eigenvalue weighted by Gasteiger charge is -1.92. The topological polar surface area (TPSA) is 52.6 Å². The fourth-order valence-electron chi connectivity index (χ4n) is 0.353. The molecule has 4 heteroatoms. The molecule has 0 radical (unpaired) electrons. The number of hydrogen-bond donors (Lipinski definition) is 0. The summed E-state index contributed by atoms with van der Waals surface area (Å²) >= 11 is 0. The van der Waals surface area contributed by atoms with Gasteiger partial charge in [0.25, 0.3) is 0 Å². The van der Waals surface area contributed by atoms with Gasteiger partial charge in [-0.1, -0.05) is 26.3 Å². The fraction of sp³-hybridized carbons (Fsp3) is 0.167. The second kappa shape index (κ2) is 9.45. The van der Waals surface area contributed by atoms with Crippen molar-refractivity contribution in [3.63, 3.8) is 0 Å². The highest BCUT2D eigenvalue weighted by atomic mass is 16.5. The molecule has 0 amide bonds. The van der Waals surface area contributed by atoms with Crippen LogP contribution in [0.25, 0.3) is 0 Å². The highest BCUT2D eigenvalue weighted by molar-refractivity contribution is 5.87. The van der Waals surface area contributed by atoms with E-state index in [2.05, 4.69) is 35.8 Å². The Kier molecular flexibility index (Phi) is 9.65. The Morgan fingerprint density at radius 2 is 1.12 bits per heavy atom. The van der Waals surface area contributed by atoms with Crippen LogP contribution in [0.1, 0.15) is 13.8 Å². The average Bonchev–Trinajstić information content (AvgIpc) is 2.19. The summed E-state index contributed by atoms with van der Waals surface area (Å²) in [4.78, 5) is 20.7. The number of carbonyl (C=O) groups excluding carboxylic acids is 2. The zero-order chi connectivity index (χ0) is 13.1. The smallest absolute Gasteiger partial charge is 0.337 e. The van der Waals surface area contributed by atoms with Crippen LogP contribution < -0.4 is 0 Å². The van der Waals surface area contributed by atoms with Crippen molar-refractivity contribution in [3.05, 3.63) is 50.0 Å². The van der Waals surface area contributed by atoms with Crippen molar-refractivity contribution in [1.82, 2.24) is 0 Å². The molecular weight excluding hydrogens is 208 g/mol. The van der Waals surface area contributed by atoms with Crippen LogP contribution in [0, 0.1) is 0 Å². The van der Waals surface area contributed by atoms with E-state index >= 15 is 0 Å². The summed E-state index contributed by atoms with van der Waals surface area (Å²) in [5.41, 5.74) is 0.759. The zero-order valence-corrected chi connectivity index (χ0v) is 9.62. The minimum Gasteiger partial charge on any atom is -0.432 e. The molecule has 0 unspecified atom stereocenters. The van der Waals surface area contributed by atoms with Crippen molar-refractivity contribution < 1.29 is 19.1 Å². The summed E-state index contributed by atoms with van der Waals surface area (Å²) in [7, 11) is 0. The van der Waals surface area contributed by atoms with Gasteiger partial charge in [-0.05, 0) is 13.8 Å². The Balaban J connectivity index is 0. The molecule has 0 N–H and O–H groups in total. The molecular formula is C12H16O4. The fourth-order valence-corrected chi connectivity index (χ4v) is 0.353. The number of carbonyl (C=O) groups is 2. The van der Waals surface area contributed by atoms with Gasteiger partial charge in [0.2, 0.25) is 0 Å². The van der Waals surface area contributed by atoms with Gasteiger partial charge in [-0.2, -0.15) is 0 Å². The van der Waals surface area contributed by atoms with Crippen LogP contribution in [-0.4, -0.2) is 11.9 Å². The first-order valence-electron chi connectivity index (χ1n) is 4.31. The third-order valence-electron chi connectivity index (χ3n) is 1.08. The highest BCUT2D eigenvalue weighted by Gasteiger charge is 1.97. The predicted molar refractivity (Wildman–Crippen MR) is 62.2 cm³/mol. The number of ether oxygens (including phenoxy) is 2. The van der Waals surface area contributed by atoms with E-state index in [1.807, 2.05) is 0 Å². The number of esters is 2. The lowest BCUT2D eigenvalue weighted by atomic mass is 10.4. The number of hydrogen-bond acceptors (Lipinski definition) is 4. The monoisotopic (exact) mass is 224 g/mol. The van der Waals surface area contributed by atoms with Crippen LogP contribution >= 0.6 is 0 Å². The summed E-state index contributed by atoms with van der Waals surface area (Å²) in [6.07, 6.45) is 2.16. The van der Waals surface area contributed by atoms with Gasteiger partial charge in [0.1, 0.15) is 0 Å². The van der Waals surface area contributed by atoms with E-state index < -0.39 is 11.9 Å². The zero-order valence-electron chi connectivity index (χ0n) is 9.62. The molecule has 4 nitrogen and oxygen atoms in total. The molecule has 0 aliphatic heterocycles. The van der Waals surface area contributed by atoms with Crippen LogP contribution in [0.15, 0.2) is 50.0 Å². The minimum atomic E-state index is -0.431. The summed E-state index contributed by atoms with van der Waals surface area (Å²) in [6, 6.07) is 0. The molecule has 0 aromatic heterocycles. The normalized spacial score (nSPS) is 7.62. The van der Waals surface area contributed by atoms with Crippen LogP contribution in [0.3, 0.4) is 0 Å². The molecule has 0 bridgehead atoms. The predicted octanol–water partition coefficient (Wildman–Crippen LogP) is 2.50. The van der Waals surface area contributed by atoms with Crippen LogP contribution in [0.5, 0.6) is 0 Å². The van der Waals surface area contributed by atoms with Crippen molar-refractivity contribution in [2.24, 2.45) is 0 Å². The quantitative estimate of drug-likeness (QED) is 0.418. The van der Waals surface area contributed by atoms with E-state index in [0.717, 1.165) is 12.5 Å². The molecule has 0 rings (SSSR count). The summed E-state index contributed by atoms with van der Waals surface area (Å²) in [5, 5.41) is 0. The standard InChI is InChI=1S/2C6H8O2/c2*1-4-8-6(7)5(2)3/h2*4H,1-2H2,3H3. The van der Waals surface area contributed by atoms with Gasteiger partial charge in [-0.3, -0.25) is 0 Å². The second-order valence-corrected chi connectivity index (χ2v) is 2.70. The van der Waals surface area contributed by atoms with Gasteiger partial charge >= 0.3 is 11.9 Å². The van der Waals surface area contributed by atoms with Gasteiger partial charge in [0.05, 0.1) is 12.5 Å². The van der Waals surface area contributed by atoms with E-state index in [1.54, 1.807) is 13.8 Å². The lowest BCUT2D eigenvalue weighted by molar-refractivity contribution is -0.134. The first-order valence-corrected chi connectivity index (χ1v) is 4.31. The molecule has 16 heavy (non-hydrogen) atoms. The van der Waals surface area contributed by atoms with Crippen molar-refractivity contribution >= 4 is 11.9 Å². The minimum absolute atomic E-state index is 0.380. The second-order valence-electron chi connectivity index (χ2n) is 2.70. The summed E-state index contributed by atoms with van der Waals surface area (Å²) in [5.74, 6) is -0.861. The molecule has 0 aliphatic rings. The maximum atomic E-state index is 10.3. The molecule has 0 spiro atoms. The Morgan fingerprint density at radius 3 is 1.19 bits per heavy atom. The van der Waals surface area contributed by atoms with E-state index in [1.165, 1.54) is 0 Å². The Bertz CT molecular complexity index is 281. The maximum absolute atomic E-state index is 10.3. The SMILES string of the molecule is C=COC(=O)C(=C)C.C=COC(=O)C(=C)C. The summed E-state index contributed by atoms with van der Waals surface area (Å²) < 4.78 is 8.66. The largest absolute Gasteiger partial charge is 0.432 e. The van der Waals surface area contributed by atoms with Gasteiger partial charge in [0.15, 0.2) is 0 Å². The first kappa shape index (κ1) is 16.3. The van der Waals surface area contributed by atoms with Crippen molar-refractivity contribution in [2.45, 2.75) is 13.8 Å². The van der Waals surface area contributed by atoms with Gasteiger partial charge in [-0.15, -0.1) is 0 Å². The van der Waals surface area contributed by atoms with Crippen molar-refractivity contribution in [2.75, 3.05) is 0 Å². The first-order chi connectivity index (χ1) is 7.36. The molecule has 0 aromatic rings. The molecule has 0 aromatic carbocycles. The van der Waals surface area contributed by atoms with Crippen LogP contribution in [-0.2, 0) is 19.1 Å². The average molecular weight is 224 g/mol. The van der Waals surface area contributed by atoms with E-state index in [-0.39, 0.29) is 0 Å². The van der Waals surface area contributed by atoms with Crippen molar-refractivity contribution in [3.8, 4) is 0 Å². The lowest BCUT2D eigenvalue weighted by Crippen LogP contribution is -1.98. The maximum Gasteiger partial charge on any atom is 0.337 e. The van der Waals surface area contributed by atoms with E-state index in [9.17, 15) is 9.59 Å². The molecule has 0 aliphatic carbocycles. The number of rotatable bonds is 4. The molecule has 88 valence electrons. The van der Waals surface area contributed by atoms with Gasteiger partial charge in [-0.25, -0.2) is 9.59 Å². The Morgan fingerprint density at radius 1 is 0.875 bits per heavy atom. The molecule has 0 saturated heterocycles. The van der Waals surface area contributed by atoms with Gasteiger partial charge < -0.3 is 9.47 Å². The Hall–Kier alpha value is -2.10. The Labute approximate surface area is 95.6 Å². The third-order valence-corrected chi connectivity index (χ3v) is 1.08. The van der Waals surface area contributed by atoms with E-state index in [0.29, 0.717) is 11.1 Å². The van der Waals surface area contributed by atoms with Crippen LogP contribution in [0.2, 0.25) is 0 Å².